The molecule has 2 N–H and O–H groups in total. The minimum Gasteiger partial charge on any atom is -0.507 e. The van der Waals surface area contributed by atoms with Gasteiger partial charge in [0.1, 0.15) is 23.1 Å². The Morgan fingerprint density at radius 2 is 1.82 bits per heavy atom. The van der Waals surface area contributed by atoms with Gasteiger partial charge in [0, 0.05) is 51.9 Å². The number of nitrogens with zero attached hydrogens (tertiary/aromatic N) is 6. The fourth-order valence-corrected chi connectivity index (χ4v) is 4.45. The number of hydrogen-bond donors (Lipinski definition) is 2. The van der Waals surface area contributed by atoms with E-state index < -0.39 is 11.6 Å². The minimum absolute atomic E-state index is 0.149. The molecule has 0 spiro atoms. The zero-order chi connectivity index (χ0) is 23.1. The van der Waals surface area contributed by atoms with Crippen molar-refractivity contribution < 1.29 is 13.9 Å². The highest BCUT2D eigenvalue weighted by Gasteiger charge is 2.27. The van der Waals surface area contributed by atoms with Crippen molar-refractivity contribution in [3.8, 4) is 17.0 Å². The van der Waals surface area contributed by atoms with E-state index in [-0.39, 0.29) is 28.7 Å². The molecular weight excluding hydrogens is 428 g/mol. The predicted molar refractivity (Wildman–Crippen MR) is 124 cm³/mol. The van der Waals surface area contributed by atoms with E-state index in [1.807, 2.05) is 0 Å². The van der Waals surface area contributed by atoms with Gasteiger partial charge in [-0.05, 0) is 32.2 Å². The molecule has 5 rings (SSSR count). The number of pyridine rings is 1. The van der Waals surface area contributed by atoms with E-state index in [1.165, 1.54) is 24.3 Å². The number of aromatic nitrogens is 3. The largest absolute Gasteiger partial charge is 0.507 e. The lowest BCUT2D eigenvalue weighted by molar-refractivity contribution is 0.311. The third kappa shape index (κ3) is 4.04. The summed E-state index contributed by atoms with van der Waals surface area (Å²) in [6.07, 6.45) is 0. The van der Waals surface area contributed by atoms with Gasteiger partial charge < -0.3 is 25.1 Å². The summed E-state index contributed by atoms with van der Waals surface area (Å²) in [5, 5.41) is 14.0. The lowest BCUT2D eigenvalue weighted by atomic mass is 10.1. The maximum absolute atomic E-state index is 15.3. The van der Waals surface area contributed by atoms with E-state index in [1.54, 1.807) is 0 Å². The van der Waals surface area contributed by atoms with Gasteiger partial charge in [0.05, 0.1) is 10.9 Å². The van der Waals surface area contributed by atoms with E-state index in [0.29, 0.717) is 23.7 Å². The second-order valence-corrected chi connectivity index (χ2v) is 8.71. The minimum atomic E-state index is -0.745. The van der Waals surface area contributed by atoms with E-state index in [4.69, 9.17) is 4.98 Å². The van der Waals surface area contributed by atoms with Crippen LogP contribution in [-0.2, 0) is 0 Å². The second kappa shape index (κ2) is 8.68. The fourth-order valence-electron chi connectivity index (χ4n) is 4.45. The van der Waals surface area contributed by atoms with Gasteiger partial charge in [-0.2, -0.15) is 9.97 Å². The molecule has 10 heteroatoms. The van der Waals surface area contributed by atoms with Crippen LogP contribution >= 0.6 is 0 Å². The molecule has 0 saturated carbocycles. The number of nitrogens with one attached hydrogen (secondary N) is 1. The summed E-state index contributed by atoms with van der Waals surface area (Å²) in [6, 6.07) is 5.30. The number of likely N-dealkylation sites (N-methyl/N-ethyl adjacent to an activating group) is 1. The van der Waals surface area contributed by atoms with Gasteiger partial charge in [-0.3, -0.25) is 0 Å². The Labute approximate surface area is 190 Å². The van der Waals surface area contributed by atoms with Crippen molar-refractivity contribution in [2.75, 3.05) is 62.7 Å². The molecular formula is C23H27F2N7O. The Balaban J connectivity index is 1.70. The lowest BCUT2D eigenvalue weighted by Gasteiger charge is -2.37. The van der Waals surface area contributed by atoms with Crippen molar-refractivity contribution in [3.05, 3.63) is 35.9 Å². The third-order valence-corrected chi connectivity index (χ3v) is 6.40. The van der Waals surface area contributed by atoms with E-state index >= 15 is 4.39 Å². The van der Waals surface area contributed by atoms with E-state index in [0.717, 1.165) is 39.3 Å². The summed E-state index contributed by atoms with van der Waals surface area (Å²) in [4.78, 5) is 20.4. The Kier molecular flexibility index (Phi) is 5.71. The number of phenolic OH excluding ortho intramolecular Hbond substituents is 1. The van der Waals surface area contributed by atoms with Crippen molar-refractivity contribution in [1.29, 1.82) is 0 Å². The number of rotatable bonds is 3. The Bertz CT molecular complexity index is 1160. The lowest BCUT2D eigenvalue weighted by Crippen LogP contribution is -2.50. The van der Waals surface area contributed by atoms with E-state index in [9.17, 15) is 9.50 Å². The number of halogens is 2. The first kappa shape index (κ1) is 21.7. The summed E-state index contributed by atoms with van der Waals surface area (Å²) >= 11 is 0. The normalized spacial score (nSPS) is 19.9. The molecule has 2 saturated heterocycles. The van der Waals surface area contributed by atoms with Crippen LogP contribution < -0.4 is 15.1 Å². The van der Waals surface area contributed by atoms with Crippen molar-refractivity contribution in [3.63, 3.8) is 0 Å². The molecule has 4 heterocycles. The van der Waals surface area contributed by atoms with Gasteiger partial charge in [-0.15, -0.1) is 0 Å². The van der Waals surface area contributed by atoms with Gasteiger partial charge in [0.2, 0.25) is 5.95 Å². The van der Waals surface area contributed by atoms with Crippen LogP contribution in [0.1, 0.15) is 6.92 Å². The average Bonchev–Trinajstić information content (AvgIpc) is 2.80. The number of phenols is 1. The van der Waals surface area contributed by atoms with Crippen LogP contribution in [0.25, 0.3) is 22.3 Å². The molecule has 174 valence electrons. The summed E-state index contributed by atoms with van der Waals surface area (Å²) in [6.45, 7) is 7.67. The summed E-state index contributed by atoms with van der Waals surface area (Å²) in [5.74, 6) is -0.698. The highest BCUT2D eigenvalue weighted by molar-refractivity contribution is 5.90. The molecule has 0 bridgehead atoms. The van der Waals surface area contributed by atoms with Gasteiger partial charge in [-0.1, -0.05) is 6.07 Å². The Hall–Kier alpha value is -3.11. The maximum atomic E-state index is 15.3. The van der Waals surface area contributed by atoms with Crippen LogP contribution in [0.3, 0.4) is 0 Å². The maximum Gasteiger partial charge on any atom is 0.229 e. The van der Waals surface area contributed by atoms with Crippen LogP contribution in [0.15, 0.2) is 24.3 Å². The molecule has 2 fully saturated rings. The van der Waals surface area contributed by atoms with Crippen molar-refractivity contribution >= 4 is 22.8 Å². The molecule has 0 amide bonds. The predicted octanol–water partition coefficient (Wildman–Crippen LogP) is 2.23. The Morgan fingerprint density at radius 1 is 1.03 bits per heavy atom. The SMILES string of the molecule is CC1CNCCN1c1nc(N2CCN(C)CC2)nc2nc(-c3c(O)cccc3F)c(F)cc12. The molecule has 1 aromatic carbocycles. The number of aromatic hydroxyl groups is 1. The topological polar surface area (TPSA) is 80.7 Å². The van der Waals surface area contributed by atoms with Gasteiger partial charge in [0.25, 0.3) is 0 Å². The first-order valence-corrected chi connectivity index (χ1v) is 11.2. The van der Waals surface area contributed by atoms with Crippen LogP contribution in [0.4, 0.5) is 20.5 Å². The molecule has 1 atom stereocenters. The molecule has 3 aromatic rings. The molecule has 1 unspecified atom stereocenters. The van der Waals surface area contributed by atoms with Gasteiger partial charge >= 0.3 is 0 Å². The quantitative estimate of drug-likeness (QED) is 0.623. The summed E-state index contributed by atoms with van der Waals surface area (Å²) in [5.41, 5.74) is -0.257. The molecule has 8 nitrogen and oxygen atoms in total. The smallest absolute Gasteiger partial charge is 0.229 e. The zero-order valence-electron chi connectivity index (χ0n) is 18.7. The molecule has 33 heavy (non-hydrogen) atoms. The van der Waals surface area contributed by atoms with Crippen molar-refractivity contribution in [1.82, 2.24) is 25.2 Å². The number of piperazine rings is 2. The second-order valence-electron chi connectivity index (χ2n) is 8.71. The zero-order valence-corrected chi connectivity index (χ0v) is 18.7. The van der Waals surface area contributed by atoms with Crippen molar-refractivity contribution in [2.45, 2.75) is 13.0 Å². The molecule has 2 aromatic heterocycles. The summed E-state index contributed by atoms with van der Waals surface area (Å²) < 4.78 is 29.8. The van der Waals surface area contributed by atoms with Crippen LogP contribution in [0, 0.1) is 11.6 Å². The summed E-state index contributed by atoms with van der Waals surface area (Å²) in [7, 11) is 2.07. The Morgan fingerprint density at radius 3 is 2.55 bits per heavy atom. The molecule has 0 aliphatic carbocycles. The van der Waals surface area contributed by atoms with E-state index in [2.05, 4.69) is 44.0 Å². The molecule has 0 radical (unpaired) electrons. The highest BCUT2D eigenvalue weighted by Crippen LogP contribution is 2.36. The molecule has 2 aliphatic heterocycles. The van der Waals surface area contributed by atoms with Crippen LogP contribution in [0.2, 0.25) is 0 Å². The number of hydrogen-bond acceptors (Lipinski definition) is 8. The standard InChI is InChI=1S/C23H27F2N7O/c1-14-13-26-6-7-32(14)22-15-12-17(25)20(19-16(24)4-3-5-18(19)33)27-21(15)28-23(29-22)31-10-8-30(2)9-11-31/h3-5,12,14,26,33H,6-11,13H2,1-2H3. The molecule has 2 aliphatic rings. The third-order valence-electron chi connectivity index (χ3n) is 6.40. The number of anilines is 2. The number of fused-ring (bicyclic) bond motifs is 1. The average molecular weight is 456 g/mol. The first-order chi connectivity index (χ1) is 15.9. The van der Waals surface area contributed by atoms with Gasteiger partial charge in [-0.25, -0.2) is 13.8 Å². The van der Waals surface area contributed by atoms with Gasteiger partial charge in [0.15, 0.2) is 11.5 Å². The number of benzene rings is 1. The highest BCUT2D eigenvalue weighted by atomic mass is 19.1. The van der Waals surface area contributed by atoms with Crippen LogP contribution in [-0.4, -0.2) is 83.9 Å². The first-order valence-electron chi connectivity index (χ1n) is 11.2. The monoisotopic (exact) mass is 455 g/mol. The van der Waals surface area contributed by atoms with Crippen LogP contribution in [0.5, 0.6) is 5.75 Å². The van der Waals surface area contributed by atoms with Crippen molar-refractivity contribution in [2.24, 2.45) is 0 Å². The fraction of sp³-hybridized carbons (Fsp3) is 0.435.